The number of furan rings is 1. The van der Waals surface area contributed by atoms with E-state index in [-0.39, 0.29) is 0 Å². The number of hydrogen-bond acceptors (Lipinski definition) is 4. The highest BCUT2D eigenvalue weighted by atomic mass is 16.3. The van der Waals surface area contributed by atoms with Crippen LogP contribution in [-0.2, 0) is 0 Å². The molecular formula is C39H24N2O2. The molecule has 0 fully saturated rings. The van der Waals surface area contributed by atoms with Crippen LogP contribution in [0.3, 0.4) is 0 Å². The van der Waals surface area contributed by atoms with Crippen LogP contribution in [-0.4, -0.2) is 4.98 Å². The standard InChI is InChI=1S/C39H24N2O2/c1-2-11-27-23-28(20-19-25(27)9-1)41(34-16-7-12-26-10-3-4-13-30(26)34)29-21-22-31-37(24-29)42-36-18-8-14-32(38(31)36)39-40-33-15-5-6-17-35(33)43-39/h1-24H. The van der Waals surface area contributed by atoms with E-state index in [0.717, 1.165) is 55.7 Å². The number of oxazole rings is 1. The lowest BCUT2D eigenvalue weighted by molar-refractivity contribution is 0.620. The van der Waals surface area contributed by atoms with Crippen LogP contribution in [0.15, 0.2) is 154 Å². The van der Waals surface area contributed by atoms with Gasteiger partial charge in [-0.2, -0.15) is 0 Å². The number of fused-ring (bicyclic) bond motifs is 6. The summed E-state index contributed by atoms with van der Waals surface area (Å²) in [7, 11) is 0. The van der Waals surface area contributed by atoms with Crippen molar-refractivity contribution in [3.8, 4) is 11.5 Å². The molecule has 0 radical (unpaired) electrons. The van der Waals surface area contributed by atoms with E-state index in [4.69, 9.17) is 13.8 Å². The first-order valence-corrected chi connectivity index (χ1v) is 14.4. The number of aromatic nitrogens is 1. The summed E-state index contributed by atoms with van der Waals surface area (Å²) in [6, 6.07) is 50.5. The summed E-state index contributed by atoms with van der Waals surface area (Å²) in [5.74, 6) is 0.590. The van der Waals surface area contributed by atoms with Gasteiger partial charge >= 0.3 is 0 Å². The average Bonchev–Trinajstić information content (AvgIpc) is 3.66. The van der Waals surface area contributed by atoms with Crippen molar-refractivity contribution in [2.24, 2.45) is 0 Å². The second-order valence-electron chi connectivity index (χ2n) is 10.8. The van der Waals surface area contributed by atoms with Crippen LogP contribution in [0.5, 0.6) is 0 Å². The van der Waals surface area contributed by atoms with E-state index in [0.29, 0.717) is 5.89 Å². The van der Waals surface area contributed by atoms with Gasteiger partial charge in [0.15, 0.2) is 5.58 Å². The van der Waals surface area contributed by atoms with Gasteiger partial charge < -0.3 is 13.7 Å². The van der Waals surface area contributed by atoms with E-state index in [9.17, 15) is 0 Å². The molecule has 4 heteroatoms. The summed E-state index contributed by atoms with van der Waals surface area (Å²) in [4.78, 5) is 7.10. The average molecular weight is 553 g/mol. The van der Waals surface area contributed by atoms with Crippen molar-refractivity contribution in [2.45, 2.75) is 0 Å². The summed E-state index contributed by atoms with van der Waals surface area (Å²) in [6.45, 7) is 0. The highest BCUT2D eigenvalue weighted by Gasteiger charge is 2.20. The number of hydrogen-bond donors (Lipinski definition) is 0. The predicted molar refractivity (Wildman–Crippen MR) is 176 cm³/mol. The SMILES string of the molecule is c1ccc2cc(N(c3ccc4c(c3)oc3cccc(-c5nc6ccccc6o5)c34)c3cccc4ccccc34)ccc2c1. The van der Waals surface area contributed by atoms with Crippen molar-refractivity contribution < 1.29 is 8.83 Å². The Bertz CT molecular complexity index is 2450. The maximum Gasteiger partial charge on any atom is 0.228 e. The molecule has 0 spiro atoms. The Morgan fingerprint density at radius 1 is 0.465 bits per heavy atom. The molecule has 43 heavy (non-hydrogen) atoms. The van der Waals surface area contributed by atoms with E-state index in [2.05, 4.69) is 108 Å². The first-order valence-electron chi connectivity index (χ1n) is 14.4. The summed E-state index contributed by atoms with van der Waals surface area (Å²) in [5, 5.41) is 6.80. The van der Waals surface area contributed by atoms with Crippen LogP contribution in [0.25, 0.3) is 66.0 Å². The highest BCUT2D eigenvalue weighted by Crippen LogP contribution is 2.43. The van der Waals surface area contributed by atoms with Crippen LogP contribution >= 0.6 is 0 Å². The third-order valence-corrected chi connectivity index (χ3v) is 8.26. The Hall–Kier alpha value is -5.87. The third kappa shape index (κ3) is 3.81. The van der Waals surface area contributed by atoms with Crippen molar-refractivity contribution in [3.05, 3.63) is 146 Å². The van der Waals surface area contributed by atoms with Crippen molar-refractivity contribution in [3.63, 3.8) is 0 Å². The monoisotopic (exact) mass is 552 g/mol. The van der Waals surface area contributed by atoms with E-state index in [1.54, 1.807) is 0 Å². The lowest BCUT2D eigenvalue weighted by atomic mass is 10.0. The normalized spacial score (nSPS) is 11.7. The van der Waals surface area contributed by atoms with Crippen LogP contribution < -0.4 is 4.90 Å². The van der Waals surface area contributed by atoms with E-state index < -0.39 is 0 Å². The van der Waals surface area contributed by atoms with E-state index in [1.165, 1.54) is 21.5 Å². The van der Waals surface area contributed by atoms with Gasteiger partial charge in [0.05, 0.1) is 5.69 Å². The Morgan fingerprint density at radius 3 is 2.12 bits per heavy atom. The highest BCUT2D eigenvalue weighted by molar-refractivity contribution is 6.13. The Labute approximate surface area is 247 Å². The van der Waals surface area contributed by atoms with Gasteiger partial charge in [0, 0.05) is 39.2 Å². The molecular weight excluding hydrogens is 528 g/mol. The fraction of sp³-hybridized carbons (Fsp3) is 0. The molecule has 0 saturated heterocycles. The zero-order valence-electron chi connectivity index (χ0n) is 23.1. The summed E-state index contributed by atoms with van der Waals surface area (Å²) < 4.78 is 12.7. The minimum absolute atomic E-state index is 0.590. The molecule has 4 nitrogen and oxygen atoms in total. The summed E-state index contributed by atoms with van der Waals surface area (Å²) in [5.41, 5.74) is 7.34. The number of nitrogens with zero attached hydrogens (tertiary/aromatic N) is 2. The van der Waals surface area contributed by atoms with Crippen molar-refractivity contribution in [2.75, 3.05) is 4.90 Å². The van der Waals surface area contributed by atoms with Crippen molar-refractivity contribution >= 4 is 71.6 Å². The molecule has 0 N–H and O–H groups in total. The quantitative estimate of drug-likeness (QED) is 0.218. The zero-order chi connectivity index (χ0) is 28.3. The smallest absolute Gasteiger partial charge is 0.228 e. The van der Waals surface area contributed by atoms with Crippen LogP contribution in [0.4, 0.5) is 17.1 Å². The maximum absolute atomic E-state index is 6.51. The molecule has 7 aromatic carbocycles. The second kappa shape index (κ2) is 9.33. The van der Waals surface area contributed by atoms with Gasteiger partial charge in [0.25, 0.3) is 0 Å². The van der Waals surface area contributed by atoms with Gasteiger partial charge in [0.1, 0.15) is 16.7 Å². The largest absolute Gasteiger partial charge is 0.456 e. The number of anilines is 3. The molecule has 0 unspecified atom stereocenters. The molecule has 9 aromatic rings. The topological polar surface area (TPSA) is 42.4 Å². The fourth-order valence-corrected chi connectivity index (χ4v) is 6.27. The minimum atomic E-state index is 0.590. The second-order valence-corrected chi connectivity index (χ2v) is 10.8. The Kier molecular flexibility index (Phi) is 5.16. The molecule has 0 aliphatic rings. The summed E-state index contributed by atoms with van der Waals surface area (Å²) in [6.07, 6.45) is 0. The number of para-hydroxylation sites is 2. The molecule has 0 saturated carbocycles. The van der Waals surface area contributed by atoms with E-state index in [1.807, 2.05) is 42.5 Å². The molecule has 0 bridgehead atoms. The molecule has 202 valence electrons. The summed E-state index contributed by atoms with van der Waals surface area (Å²) >= 11 is 0. The maximum atomic E-state index is 6.51. The minimum Gasteiger partial charge on any atom is -0.456 e. The fourth-order valence-electron chi connectivity index (χ4n) is 6.27. The molecule has 2 aromatic heterocycles. The van der Waals surface area contributed by atoms with Gasteiger partial charge in [-0.3, -0.25) is 0 Å². The zero-order valence-corrected chi connectivity index (χ0v) is 23.1. The Balaban J connectivity index is 1.27. The predicted octanol–water partition coefficient (Wildman–Crippen LogP) is 11.2. The van der Waals surface area contributed by atoms with Crippen LogP contribution in [0.1, 0.15) is 0 Å². The van der Waals surface area contributed by atoms with Gasteiger partial charge in [0.2, 0.25) is 5.89 Å². The molecule has 0 aliphatic heterocycles. The molecule has 9 rings (SSSR count). The van der Waals surface area contributed by atoms with E-state index >= 15 is 0 Å². The molecule has 0 amide bonds. The molecule has 2 heterocycles. The van der Waals surface area contributed by atoms with Crippen molar-refractivity contribution in [1.82, 2.24) is 4.98 Å². The number of rotatable bonds is 4. The molecule has 0 atom stereocenters. The van der Waals surface area contributed by atoms with Gasteiger partial charge in [-0.1, -0.05) is 84.9 Å². The van der Waals surface area contributed by atoms with Crippen molar-refractivity contribution in [1.29, 1.82) is 0 Å². The lowest BCUT2D eigenvalue weighted by Crippen LogP contribution is -2.10. The van der Waals surface area contributed by atoms with Gasteiger partial charge in [-0.25, -0.2) is 4.98 Å². The third-order valence-electron chi connectivity index (χ3n) is 8.26. The molecule has 0 aliphatic carbocycles. The van der Waals surface area contributed by atoms with Crippen LogP contribution in [0, 0.1) is 0 Å². The van der Waals surface area contributed by atoms with Gasteiger partial charge in [-0.15, -0.1) is 0 Å². The Morgan fingerprint density at radius 2 is 1.19 bits per heavy atom. The first-order chi connectivity index (χ1) is 21.3. The number of benzene rings is 7. The van der Waals surface area contributed by atoms with Gasteiger partial charge in [-0.05, 0) is 70.8 Å². The first kappa shape index (κ1) is 23.8. The van der Waals surface area contributed by atoms with Crippen LogP contribution in [0.2, 0.25) is 0 Å². The lowest BCUT2D eigenvalue weighted by Gasteiger charge is -2.27.